The molecule has 2 aromatic rings. The van der Waals surface area contributed by atoms with E-state index in [1.807, 2.05) is 19.1 Å². The van der Waals surface area contributed by atoms with Crippen LogP contribution in [0.2, 0.25) is 0 Å². The first-order chi connectivity index (χ1) is 14.5. The second-order valence-corrected chi connectivity index (χ2v) is 8.92. The van der Waals surface area contributed by atoms with Gasteiger partial charge in [0.2, 0.25) is 11.8 Å². The Balaban J connectivity index is 1.42. The molecule has 1 atom stereocenters. The fourth-order valence-corrected chi connectivity index (χ4v) is 4.39. The summed E-state index contributed by atoms with van der Waals surface area (Å²) < 4.78 is 23.5. The third-order valence-electron chi connectivity index (χ3n) is 5.17. The molecule has 0 aliphatic carbocycles. The van der Waals surface area contributed by atoms with Gasteiger partial charge in [0, 0.05) is 36.0 Å². The van der Waals surface area contributed by atoms with Crippen LogP contribution in [0.15, 0.2) is 28.7 Å². The maximum atomic E-state index is 12.4. The fourth-order valence-electron chi connectivity index (χ4n) is 3.32. The zero-order chi connectivity index (χ0) is 21.3. The first-order valence-corrected chi connectivity index (χ1v) is 12.0. The minimum atomic E-state index is -1.33. The van der Waals surface area contributed by atoms with E-state index in [2.05, 4.69) is 34.3 Å². The molecule has 3 rings (SSSR count). The van der Waals surface area contributed by atoms with Gasteiger partial charge in [-0.05, 0) is 44.0 Å². The molecule has 1 amide bonds. The third kappa shape index (κ3) is 6.75. The van der Waals surface area contributed by atoms with Gasteiger partial charge in [-0.15, -0.1) is 0 Å². The van der Waals surface area contributed by atoms with Crippen LogP contribution in [0.3, 0.4) is 0 Å². The van der Waals surface area contributed by atoms with Crippen molar-refractivity contribution >= 4 is 16.7 Å². The maximum absolute atomic E-state index is 12.4. The SMILES string of the molecule is CCc1ccc(-c2nc(C[S@](=O)CC(=O)NCCCN3CCOCC3)c(C)o2)cc1. The monoisotopic (exact) mass is 433 g/mol. The van der Waals surface area contributed by atoms with Gasteiger partial charge in [0.05, 0.1) is 24.7 Å². The number of aromatic nitrogens is 1. The Morgan fingerprint density at radius 1 is 1.23 bits per heavy atom. The number of nitrogens with one attached hydrogen (secondary N) is 1. The lowest BCUT2D eigenvalue weighted by Crippen LogP contribution is -2.38. The van der Waals surface area contributed by atoms with Crippen LogP contribution in [-0.2, 0) is 32.5 Å². The number of hydrogen-bond donors (Lipinski definition) is 1. The van der Waals surface area contributed by atoms with Crippen molar-refractivity contribution in [1.82, 2.24) is 15.2 Å². The molecule has 1 aliphatic heterocycles. The van der Waals surface area contributed by atoms with Gasteiger partial charge in [0.15, 0.2) is 0 Å². The molecule has 30 heavy (non-hydrogen) atoms. The molecule has 0 saturated carbocycles. The predicted octanol–water partition coefficient (Wildman–Crippen LogP) is 2.30. The van der Waals surface area contributed by atoms with Crippen LogP contribution in [0.5, 0.6) is 0 Å². The summed E-state index contributed by atoms with van der Waals surface area (Å²) in [5.41, 5.74) is 2.78. The zero-order valence-electron chi connectivity index (χ0n) is 17.8. The number of benzene rings is 1. The van der Waals surface area contributed by atoms with E-state index < -0.39 is 10.8 Å². The summed E-state index contributed by atoms with van der Waals surface area (Å²) in [6.07, 6.45) is 1.85. The van der Waals surface area contributed by atoms with E-state index in [1.165, 1.54) is 5.56 Å². The van der Waals surface area contributed by atoms with Gasteiger partial charge in [-0.1, -0.05) is 19.1 Å². The molecule has 0 spiro atoms. The van der Waals surface area contributed by atoms with Gasteiger partial charge >= 0.3 is 0 Å². The van der Waals surface area contributed by atoms with E-state index in [9.17, 15) is 9.00 Å². The number of carbonyl (C=O) groups excluding carboxylic acids is 1. The van der Waals surface area contributed by atoms with Crippen molar-refractivity contribution in [3.8, 4) is 11.5 Å². The number of carbonyl (C=O) groups is 1. The Kier molecular flexibility index (Phi) is 8.60. The van der Waals surface area contributed by atoms with Crippen LogP contribution < -0.4 is 5.32 Å². The third-order valence-corrected chi connectivity index (χ3v) is 6.35. The lowest BCUT2D eigenvalue weighted by molar-refractivity contribution is -0.118. The van der Waals surface area contributed by atoms with Crippen molar-refractivity contribution in [2.24, 2.45) is 0 Å². The Bertz CT molecular complexity index is 845. The molecular formula is C22H31N3O4S. The molecule has 2 heterocycles. The molecule has 0 bridgehead atoms. The van der Waals surface area contributed by atoms with Crippen LogP contribution in [0.4, 0.5) is 0 Å². The summed E-state index contributed by atoms with van der Waals surface area (Å²) in [4.78, 5) is 18.9. The highest BCUT2D eigenvalue weighted by atomic mass is 32.2. The lowest BCUT2D eigenvalue weighted by Gasteiger charge is -2.26. The smallest absolute Gasteiger partial charge is 0.232 e. The normalized spacial score (nSPS) is 15.8. The number of morpholine rings is 1. The molecule has 7 nitrogen and oxygen atoms in total. The van der Waals surface area contributed by atoms with Crippen LogP contribution in [0.1, 0.15) is 30.4 Å². The molecule has 1 N–H and O–H groups in total. The Morgan fingerprint density at radius 3 is 2.67 bits per heavy atom. The number of aryl methyl sites for hydroxylation is 2. The number of oxazole rings is 1. The van der Waals surface area contributed by atoms with E-state index in [0.717, 1.165) is 51.3 Å². The van der Waals surface area contributed by atoms with Gasteiger partial charge in [0.1, 0.15) is 11.5 Å². The van der Waals surface area contributed by atoms with E-state index >= 15 is 0 Å². The summed E-state index contributed by atoms with van der Waals surface area (Å²) in [7, 11) is -1.33. The lowest BCUT2D eigenvalue weighted by atomic mass is 10.1. The number of hydrogen-bond acceptors (Lipinski definition) is 6. The predicted molar refractivity (Wildman–Crippen MR) is 118 cm³/mol. The summed E-state index contributed by atoms with van der Waals surface area (Å²) in [5.74, 6) is 1.17. The number of amides is 1. The van der Waals surface area contributed by atoms with Crippen molar-refractivity contribution in [3.05, 3.63) is 41.3 Å². The molecule has 164 valence electrons. The average molecular weight is 434 g/mol. The topological polar surface area (TPSA) is 84.7 Å². The van der Waals surface area contributed by atoms with E-state index in [4.69, 9.17) is 9.15 Å². The summed E-state index contributed by atoms with van der Waals surface area (Å²) in [6, 6.07) is 8.07. The molecule has 8 heteroatoms. The molecule has 1 aromatic carbocycles. The highest BCUT2D eigenvalue weighted by Crippen LogP contribution is 2.23. The summed E-state index contributed by atoms with van der Waals surface area (Å²) in [5, 5.41) is 2.86. The first kappa shape index (κ1) is 22.7. The quantitative estimate of drug-likeness (QED) is 0.579. The van der Waals surface area contributed by atoms with Gasteiger partial charge in [-0.25, -0.2) is 4.98 Å². The first-order valence-electron chi connectivity index (χ1n) is 10.5. The van der Waals surface area contributed by atoms with E-state index in [-0.39, 0.29) is 17.4 Å². The van der Waals surface area contributed by atoms with Crippen molar-refractivity contribution < 1.29 is 18.2 Å². The number of rotatable bonds is 10. The molecule has 0 unspecified atom stereocenters. The minimum Gasteiger partial charge on any atom is -0.441 e. The van der Waals surface area contributed by atoms with Crippen molar-refractivity contribution in [2.75, 3.05) is 45.1 Å². The Labute approximate surface area is 180 Å². The Morgan fingerprint density at radius 2 is 1.97 bits per heavy atom. The number of ether oxygens (including phenoxy) is 1. The molecule has 0 radical (unpaired) electrons. The molecule has 1 aromatic heterocycles. The summed E-state index contributed by atoms with van der Waals surface area (Å²) >= 11 is 0. The van der Waals surface area contributed by atoms with E-state index in [0.29, 0.717) is 23.9 Å². The number of nitrogens with zero attached hydrogens (tertiary/aromatic N) is 2. The van der Waals surface area contributed by atoms with Crippen molar-refractivity contribution in [2.45, 2.75) is 32.4 Å². The molecule has 1 saturated heterocycles. The molecule has 1 aliphatic rings. The summed E-state index contributed by atoms with van der Waals surface area (Å²) in [6.45, 7) is 8.89. The fraction of sp³-hybridized carbons (Fsp3) is 0.545. The second kappa shape index (κ2) is 11.4. The van der Waals surface area contributed by atoms with Crippen molar-refractivity contribution in [3.63, 3.8) is 0 Å². The highest BCUT2D eigenvalue weighted by Gasteiger charge is 2.16. The average Bonchev–Trinajstić information content (AvgIpc) is 3.12. The van der Waals surface area contributed by atoms with Crippen LogP contribution in [0, 0.1) is 6.92 Å². The second-order valence-electron chi connectivity index (χ2n) is 7.46. The van der Waals surface area contributed by atoms with Gasteiger partial charge in [-0.3, -0.25) is 13.9 Å². The molecular weight excluding hydrogens is 402 g/mol. The molecule has 1 fully saturated rings. The van der Waals surface area contributed by atoms with Gasteiger partial charge in [0.25, 0.3) is 0 Å². The van der Waals surface area contributed by atoms with Crippen LogP contribution in [-0.4, -0.2) is 65.1 Å². The standard InChI is InChI=1S/C22H31N3O4S/c1-3-18-5-7-19(8-6-18)22-24-20(17(2)29-22)15-30(27)16-21(26)23-9-4-10-25-11-13-28-14-12-25/h5-8H,3-4,9-16H2,1-2H3,(H,23,26)/t30-/m0/s1. The van der Waals surface area contributed by atoms with Gasteiger partial charge in [-0.2, -0.15) is 0 Å². The largest absolute Gasteiger partial charge is 0.441 e. The zero-order valence-corrected chi connectivity index (χ0v) is 18.6. The minimum absolute atomic E-state index is 0.0234. The highest BCUT2D eigenvalue weighted by molar-refractivity contribution is 7.84. The maximum Gasteiger partial charge on any atom is 0.232 e. The van der Waals surface area contributed by atoms with E-state index in [1.54, 1.807) is 0 Å². The Hall–Kier alpha value is -2.03. The van der Waals surface area contributed by atoms with Crippen molar-refractivity contribution in [1.29, 1.82) is 0 Å². The van der Waals surface area contributed by atoms with Crippen LogP contribution in [0.25, 0.3) is 11.5 Å². The van der Waals surface area contributed by atoms with Crippen LogP contribution >= 0.6 is 0 Å². The van der Waals surface area contributed by atoms with Gasteiger partial charge < -0.3 is 14.5 Å².